The molecule has 3 heteroatoms. The molecular formula is C15H24ClNO. The summed E-state index contributed by atoms with van der Waals surface area (Å²) >= 11 is 6.16. The summed E-state index contributed by atoms with van der Waals surface area (Å²) in [7, 11) is 0. The van der Waals surface area contributed by atoms with Crippen LogP contribution in [0.25, 0.3) is 0 Å². The van der Waals surface area contributed by atoms with Crippen molar-refractivity contribution in [2.24, 2.45) is 11.7 Å². The summed E-state index contributed by atoms with van der Waals surface area (Å²) in [6.45, 7) is 5.69. The topological polar surface area (TPSA) is 35.2 Å². The molecule has 1 atom stereocenters. The molecule has 0 amide bonds. The molecule has 1 aromatic rings. The summed E-state index contributed by atoms with van der Waals surface area (Å²) in [5.41, 5.74) is 6.60. The number of nitrogens with two attached hydrogens (primary N) is 1. The average molecular weight is 270 g/mol. The van der Waals surface area contributed by atoms with Crippen molar-refractivity contribution in [2.45, 2.75) is 46.1 Å². The van der Waals surface area contributed by atoms with Gasteiger partial charge in [0, 0.05) is 6.54 Å². The van der Waals surface area contributed by atoms with Gasteiger partial charge in [0.25, 0.3) is 0 Å². The third-order valence-corrected chi connectivity index (χ3v) is 3.55. The van der Waals surface area contributed by atoms with Crippen LogP contribution in [-0.4, -0.2) is 6.61 Å². The molecule has 2 N–H and O–H groups in total. The van der Waals surface area contributed by atoms with E-state index in [9.17, 15) is 0 Å². The Labute approximate surface area is 115 Å². The van der Waals surface area contributed by atoms with Gasteiger partial charge in [0.2, 0.25) is 0 Å². The lowest BCUT2D eigenvalue weighted by Crippen LogP contribution is -2.11. The predicted octanol–water partition coefficient (Wildman–Crippen LogP) is 4.39. The molecule has 0 fully saturated rings. The van der Waals surface area contributed by atoms with E-state index in [0.717, 1.165) is 24.3 Å². The first-order valence-electron chi connectivity index (χ1n) is 6.82. The molecule has 1 aromatic carbocycles. The zero-order valence-corrected chi connectivity index (χ0v) is 12.2. The summed E-state index contributed by atoms with van der Waals surface area (Å²) in [5.74, 6) is 1.39. The van der Waals surface area contributed by atoms with Gasteiger partial charge >= 0.3 is 0 Å². The van der Waals surface area contributed by atoms with Crippen molar-refractivity contribution in [1.29, 1.82) is 0 Å². The number of hydrogen-bond donors (Lipinski definition) is 1. The summed E-state index contributed by atoms with van der Waals surface area (Å²) < 4.78 is 5.81. The Balaban J connectivity index is 2.51. The van der Waals surface area contributed by atoms with E-state index in [2.05, 4.69) is 13.8 Å². The molecule has 1 unspecified atom stereocenters. The van der Waals surface area contributed by atoms with Crippen LogP contribution < -0.4 is 10.5 Å². The SMILES string of the molecule is CCCCC(CC)COc1ccc(CN)cc1Cl. The van der Waals surface area contributed by atoms with Crippen LogP contribution in [0.3, 0.4) is 0 Å². The second-order valence-corrected chi connectivity index (χ2v) is 5.10. The number of rotatable bonds is 8. The maximum absolute atomic E-state index is 6.16. The van der Waals surface area contributed by atoms with Gasteiger partial charge in [0.15, 0.2) is 0 Å². The van der Waals surface area contributed by atoms with Crippen molar-refractivity contribution in [2.75, 3.05) is 6.61 Å². The monoisotopic (exact) mass is 269 g/mol. The number of hydrogen-bond acceptors (Lipinski definition) is 2. The normalized spacial score (nSPS) is 12.4. The predicted molar refractivity (Wildman–Crippen MR) is 78.1 cm³/mol. The third-order valence-electron chi connectivity index (χ3n) is 3.25. The van der Waals surface area contributed by atoms with Crippen LogP contribution in [-0.2, 0) is 6.54 Å². The Morgan fingerprint density at radius 2 is 2.11 bits per heavy atom. The fourth-order valence-corrected chi connectivity index (χ4v) is 2.15. The molecule has 0 aliphatic rings. The van der Waals surface area contributed by atoms with Crippen LogP contribution in [0, 0.1) is 5.92 Å². The van der Waals surface area contributed by atoms with Crippen molar-refractivity contribution in [3.05, 3.63) is 28.8 Å². The Kier molecular flexibility index (Phi) is 7.14. The molecule has 102 valence electrons. The van der Waals surface area contributed by atoms with E-state index >= 15 is 0 Å². The second kappa shape index (κ2) is 8.39. The van der Waals surface area contributed by atoms with Gasteiger partial charge in [-0.3, -0.25) is 0 Å². The van der Waals surface area contributed by atoms with Crippen LogP contribution in [0.15, 0.2) is 18.2 Å². The summed E-state index contributed by atoms with van der Waals surface area (Å²) in [5, 5.41) is 0.656. The number of benzene rings is 1. The summed E-state index contributed by atoms with van der Waals surface area (Å²) in [6, 6.07) is 5.76. The zero-order valence-electron chi connectivity index (χ0n) is 11.4. The van der Waals surface area contributed by atoms with Gasteiger partial charge in [-0.25, -0.2) is 0 Å². The number of ether oxygens (including phenoxy) is 1. The van der Waals surface area contributed by atoms with Crippen LogP contribution in [0.1, 0.15) is 45.1 Å². The molecule has 0 aliphatic heterocycles. The highest BCUT2D eigenvalue weighted by atomic mass is 35.5. The lowest BCUT2D eigenvalue weighted by Gasteiger charge is -2.16. The first kappa shape index (κ1) is 15.3. The molecule has 0 saturated heterocycles. The van der Waals surface area contributed by atoms with Gasteiger partial charge in [-0.1, -0.05) is 50.8 Å². The van der Waals surface area contributed by atoms with Gasteiger partial charge < -0.3 is 10.5 Å². The van der Waals surface area contributed by atoms with Crippen LogP contribution in [0.4, 0.5) is 0 Å². The highest BCUT2D eigenvalue weighted by Gasteiger charge is 2.09. The van der Waals surface area contributed by atoms with Crippen molar-refractivity contribution in [3.63, 3.8) is 0 Å². The lowest BCUT2D eigenvalue weighted by atomic mass is 10.0. The maximum Gasteiger partial charge on any atom is 0.137 e. The number of unbranched alkanes of at least 4 members (excludes halogenated alkanes) is 1. The number of halogens is 1. The summed E-state index contributed by atoms with van der Waals surface area (Å²) in [4.78, 5) is 0. The molecular weight excluding hydrogens is 246 g/mol. The first-order valence-corrected chi connectivity index (χ1v) is 7.20. The van der Waals surface area contributed by atoms with Gasteiger partial charge in [0.05, 0.1) is 11.6 Å². The molecule has 0 saturated carbocycles. The molecule has 1 rings (SSSR count). The minimum absolute atomic E-state index is 0.508. The third kappa shape index (κ3) is 4.87. The van der Waals surface area contributed by atoms with E-state index in [-0.39, 0.29) is 0 Å². The van der Waals surface area contributed by atoms with Crippen molar-refractivity contribution in [3.8, 4) is 5.75 Å². The lowest BCUT2D eigenvalue weighted by molar-refractivity contribution is 0.233. The largest absolute Gasteiger partial charge is 0.492 e. The van der Waals surface area contributed by atoms with E-state index in [1.165, 1.54) is 19.3 Å². The van der Waals surface area contributed by atoms with Crippen molar-refractivity contribution >= 4 is 11.6 Å². The van der Waals surface area contributed by atoms with E-state index < -0.39 is 0 Å². The molecule has 2 nitrogen and oxygen atoms in total. The molecule has 0 heterocycles. The van der Waals surface area contributed by atoms with Crippen molar-refractivity contribution in [1.82, 2.24) is 0 Å². The molecule has 18 heavy (non-hydrogen) atoms. The van der Waals surface area contributed by atoms with E-state index in [0.29, 0.717) is 17.5 Å². The quantitative estimate of drug-likeness (QED) is 0.759. The minimum Gasteiger partial charge on any atom is -0.492 e. The minimum atomic E-state index is 0.508. The van der Waals surface area contributed by atoms with Crippen LogP contribution >= 0.6 is 11.6 Å². The highest BCUT2D eigenvalue weighted by Crippen LogP contribution is 2.26. The zero-order chi connectivity index (χ0) is 13.4. The Morgan fingerprint density at radius 3 is 2.67 bits per heavy atom. The molecule has 0 aliphatic carbocycles. The molecule has 0 radical (unpaired) electrons. The highest BCUT2D eigenvalue weighted by molar-refractivity contribution is 6.32. The molecule has 0 aromatic heterocycles. The Morgan fingerprint density at radius 1 is 1.33 bits per heavy atom. The second-order valence-electron chi connectivity index (χ2n) is 4.70. The van der Waals surface area contributed by atoms with Gasteiger partial charge in [-0.15, -0.1) is 0 Å². The Bertz CT molecular complexity index is 354. The molecule has 0 bridgehead atoms. The van der Waals surface area contributed by atoms with Crippen LogP contribution in [0.2, 0.25) is 5.02 Å². The fraction of sp³-hybridized carbons (Fsp3) is 0.600. The first-order chi connectivity index (χ1) is 8.71. The molecule has 0 spiro atoms. The summed E-state index contributed by atoms with van der Waals surface area (Å²) in [6.07, 6.45) is 4.88. The average Bonchev–Trinajstić information content (AvgIpc) is 2.40. The van der Waals surface area contributed by atoms with Gasteiger partial charge in [0.1, 0.15) is 5.75 Å². The standard InChI is InChI=1S/C15H24ClNO/c1-3-5-6-12(4-2)11-18-15-8-7-13(10-17)9-14(15)16/h7-9,12H,3-6,10-11,17H2,1-2H3. The smallest absolute Gasteiger partial charge is 0.137 e. The van der Waals surface area contributed by atoms with Gasteiger partial charge in [-0.05, 0) is 30.0 Å². The van der Waals surface area contributed by atoms with E-state index in [4.69, 9.17) is 22.1 Å². The van der Waals surface area contributed by atoms with Crippen LogP contribution in [0.5, 0.6) is 5.75 Å². The van der Waals surface area contributed by atoms with E-state index in [1.54, 1.807) is 0 Å². The van der Waals surface area contributed by atoms with E-state index in [1.807, 2.05) is 18.2 Å². The fourth-order valence-electron chi connectivity index (χ4n) is 1.89. The van der Waals surface area contributed by atoms with Gasteiger partial charge in [-0.2, -0.15) is 0 Å². The maximum atomic E-state index is 6.16. The van der Waals surface area contributed by atoms with Crippen molar-refractivity contribution < 1.29 is 4.74 Å². The Hall–Kier alpha value is -0.730.